The van der Waals surface area contributed by atoms with E-state index in [1.165, 1.54) is 11.1 Å². The fourth-order valence-electron chi connectivity index (χ4n) is 3.72. The van der Waals surface area contributed by atoms with Crippen molar-refractivity contribution in [2.75, 3.05) is 6.54 Å². The van der Waals surface area contributed by atoms with Crippen LogP contribution in [0.3, 0.4) is 0 Å². The summed E-state index contributed by atoms with van der Waals surface area (Å²) in [7, 11) is 0. The van der Waals surface area contributed by atoms with Gasteiger partial charge in [0.1, 0.15) is 5.82 Å². The highest BCUT2D eigenvalue weighted by molar-refractivity contribution is 5.94. The summed E-state index contributed by atoms with van der Waals surface area (Å²) in [6.45, 7) is 7.75. The second-order valence-electron chi connectivity index (χ2n) is 7.17. The number of nitrogens with one attached hydrogen (secondary N) is 1. The number of carbonyl (C=O) groups is 1. The first kappa shape index (κ1) is 16.8. The Labute approximate surface area is 153 Å². The van der Waals surface area contributed by atoms with Gasteiger partial charge < -0.3 is 9.88 Å². The molecule has 1 aliphatic heterocycles. The van der Waals surface area contributed by atoms with Crippen LogP contribution in [-0.2, 0) is 6.54 Å². The number of amides is 1. The van der Waals surface area contributed by atoms with Crippen LogP contribution in [0.4, 0.5) is 0 Å². The highest BCUT2D eigenvalue weighted by atomic mass is 16.2. The third-order valence-electron chi connectivity index (χ3n) is 5.40. The van der Waals surface area contributed by atoms with Gasteiger partial charge >= 0.3 is 0 Å². The summed E-state index contributed by atoms with van der Waals surface area (Å²) in [5.41, 5.74) is 5.15. The molecular formula is C20H25N5O. The fraction of sp³-hybridized carbons (Fsp3) is 0.450. The molecule has 0 spiro atoms. The Balaban J connectivity index is 1.68. The second-order valence-corrected chi connectivity index (χ2v) is 7.17. The van der Waals surface area contributed by atoms with Crippen LogP contribution in [0, 0.1) is 13.8 Å². The highest BCUT2D eigenvalue weighted by Gasteiger charge is 2.31. The molecule has 0 bridgehead atoms. The molecule has 1 fully saturated rings. The number of rotatable bonds is 3. The van der Waals surface area contributed by atoms with Gasteiger partial charge in [-0.1, -0.05) is 0 Å². The van der Waals surface area contributed by atoms with E-state index in [0.29, 0.717) is 5.56 Å². The number of hydrogen-bond donors (Lipinski definition) is 1. The van der Waals surface area contributed by atoms with Crippen LogP contribution < -0.4 is 0 Å². The first-order valence-corrected chi connectivity index (χ1v) is 9.37. The number of aryl methyl sites for hydroxylation is 3. The molecule has 0 radical (unpaired) electrons. The van der Waals surface area contributed by atoms with E-state index in [-0.39, 0.29) is 11.9 Å². The molecular weight excluding hydrogens is 326 g/mol. The molecule has 1 amide bonds. The van der Waals surface area contributed by atoms with Crippen molar-refractivity contribution in [2.24, 2.45) is 0 Å². The number of likely N-dealkylation sites (tertiary alicyclic amines) is 1. The van der Waals surface area contributed by atoms with Gasteiger partial charge in [0.05, 0.1) is 28.8 Å². The normalized spacial score (nSPS) is 17.8. The Bertz CT molecular complexity index is 915. The van der Waals surface area contributed by atoms with Crippen LogP contribution in [-0.4, -0.2) is 37.1 Å². The van der Waals surface area contributed by atoms with Crippen molar-refractivity contribution in [3.8, 4) is 0 Å². The molecule has 2 aromatic heterocycles. The van der Waals surface area contributed by atoms with Crippen molar-refractivity contribution >= 4 is 16.9 Å². The number of piperidine rings is 1. The van der Waals surface area contributed by atoms with E-state index in [0.717, 1.165) is 49.2 Å². The van der Waals surface area contributed by atoms with E-state index in [9.17, 15) is 4.79 Å². The van der Waals surface area contributed by atoms with Gasteiger partial charge in [-0.05, 0) is 63.3 Å². The Kier molecular flexibility index (Phi) is 4.26. The number of aromatic nitrogens is 4. The summed E-state index contributed by atoms with van der Waals surface area (Å²) in [5.74, 6) is 0.933. The van der Waals surface area contributed by atoms with Gasteiger partial charge in [0, 0.05) is 19.3 Å². The number of imidazole rings is 1. The molecule has 0 aliphatic carbocycles. The summed E-state index contributed by atoms with van der Waals surface area (Å²) in [5, 5.41) is 4.25. The van der Waals surface area contributed by atoms with Gasteiger partial charge in [-0.2, -0.15) is 5.10 Å². The predicted octanol–water partition coefficient (Wildman–Crippen LogP) is 3.76. The maximum absolute atomic E-state index is 13.1. The van der Waals surface area contributed by atoms with Gasteiger partial charge in [0.2, 0.25) is 0 Å². The lowest BCUT2D eigenvalue weighted by molar-refractivity contribution is 0.0601. The number of nitrogens with zero attached hydrogens (tertiary/aromatic N) is 4. The van der Waals surface area contributed by atoms with Crippen molar-refractivity contribution < 1.29 is 4.79 Å². The molecule has 1 aromatic carbocycles. The second kappa shape index (κ2) is 6.59. The van der Waals surface area contributed by atoms with Crippen molar-refractivity contribution in [2.45, 2.75) is 52.6 Å². The minimum atomic E-state index is -0.00533. The van der Waals surface area contributed by atoms with E-state index in [2.05, 4.69) is 36.1 Å². The molecule has 6 nitrogen and oxygen atoms in total. The molecule has 136 valence electrons. The van der Waals surface area contributed by atoms with E-state index < -0.39 is 0 Å². The van der Waals surface area contributed by atoms with E-state index in [1.54, 1.807) is 10.9 Å². The van der Waals surface area contributed by atoms with Gasteiger partial charge in [-0.25, -0.2) is 4.98 Å². The third kappa shape index (κ3) is 2.89. The minimum absolute atomic E-state index is 0.00533. The van der Waals surface area contributed by atoms with Crippen molar-refractivity contribution in [1.82, 2.24) is 24.6 Å². The van der Waals surface area contributed by atoms with Crippen LogP contribution in [0.25, 0.3) is 11.0 Å². The number of fused-ring (bicyclic) bond motifs is 1. The monoisotopic (exact) mass is 351 g/mol. The molecule has 4 rings (SSSR count). The van der Waals surface area contributed by atoms with Crippen molar-refractivity contribution in [3.63, 3.8) is 0 Å². The largest absolute Gasteiger partial charge is 0.340 e. The standard InChI is InChI=1S/C20H25N5O/c1-4-24-12-15(11-21-24)20(26)25-8-6-5-7-18(25)19-22-16-9-13(2)14(3)10-17(16)23-19/h9-12,18H,4-8H2,1-3H3,(H,22,23)/t18-/m0/s1. The van der Waals surface area contributed by atoms with Crippen LogP contribution in [0.5, 0.6) is 0 Å². The smallest absolute Gasteiger partial charge is 0.257 e. The SMILES string of the molecule is CCn1cc(C(=O)N2CCCC[C@H]2c2nc3cc(C)c(C)cc3[nH]2)cn1. The average molecular weight is 351 g/mol. The number of hydrogen-bond acceptors (Lipinski definition) is 3. The van der Waals surface area contributed by atoms with Crippen LogP contribution >= 0.6 is 0 Å². The molecule has 0 saturated carbocycles. The number of benzene rings is 1. The van der Waals surface area contributed by atoms with Gasteiger partial charge in [0.25, 0.3) is 5.91 Å². The molecule has 6 heteroatoms. The zero-order valence-electron chi connectivity index (χ0n) is 15.6. The summed E-state index contributed by atoms with van der Waals surface area (Å²) >= 11 is 0. The molecule has 1 atom stereocenters. The Morgan fingerprint density at radius 3 is 2.85 bits per heavy atom. The number of carbonyl (C=O) groups excluding carboxylic acids is 1. The summed E-state index contributed by atoms with van der Waals surface area (Å²) in [6, 6.07) is 4.25. The maximum Gasteiger partial charge on any atom is 0.257 e. The third-order valence-corrected chi connectivity index (χ3v) is 5.40. The summed E-state index contributed by atoms with van der Waals surface area (Å²) in [6.07, 6.45) is 6.58. The molecule has 1 aliphatic rings. The quantitative estimate of drug-likeness (QED) is 0.781. The Morgan fingerprint density at radius 2 is 2.08 bits per heavy atom. The topological polar surface area (TPSA) is 66.8 Å². The maximum atomic E-state index is 13.1. The number of aromatic amines is 1. The lowest BCUT2D eigenvalue weighted by atomic mass is 10.0. The number of H-pyrrole nitrogens is 1. The molecule has 1 saturated heterocycles. The Morgan fingerprint density at radius 1 is 1.27 bits per heavy atom. The average Bonchev–Trinajstić information content (AvgIpc) is 3.28. The van der Waals surface area contributed by atoms with Crippen molar-refractivity contribution in [3.05, 3.63) is 47.0 Å². The van der Waals surface area contributed by atoms with Crippen LogP contribution in [0.1, 0.15) is 59.5 Å². The zero-order valence-corrected chi connectivity index (χ0v) is 15.6. The molecule has 3 aromatic rings. The zero-order chi connectivity index (χ0) is 18.3. The lowest BCUT2D eigenvalue weighted by Crippen LogP contribution is -2.38. The Hall–Kier alpha value is -2.63. The van der Waals surface area contributed by atoms with Crippen molar-refractivity contribution in [1.29, 1.82) is 0 Å². The first-order chi connectivity index (χ1) is 12.6. The molecule has 1 N–H and O–H groups in total. The highest BCUT2D eigenvalue weighted by Crippen LogP contribution is 2.32. The summed E-state index contributed by atoms with van der Waals surface area (Å²) in [4.78, 5) is 23.3. The van der Waals surface area contributed by atoms with E-state index in [1.807, 2.05) is 18.0 Å². The van der Waals surface area contributed by atoms with Crippen LogP contribution in [0.15, 0.2) is 24.5 Å². The first-order valence-electron chi connectivity index (χ1n) is 9.37. The summed E-state index contributed by atoms with van der Waals surface area (Å²) < 4.78 is 1.79. The predicted molar refractivity (Wildman–Crippen MR) is 101 cm³/mol. The van der Waals surface area contributed by atoms with Gasteiger partial charge in [-0.15, -0.1) is 0 Å². The van der Waals surface area contributed by atoms with Crippen LogP contribution in [0.2, 0.25) is 0 Å². The van der Waals surface area contributed by atoms with E-state index in [4.69, 9.17) is 4.98 Å². The fourth-order valence-corrected chi connectivity index (χ4v) is 3.72. The lowest BCUT2D eigenvalue weighted by Gasteiger charge is -2.34. The molecule has 26 heavy (non-hydrogen) atoms. The van der Waals surface area contributed by atoms with E-state index >= 15 is 0 Å². The minimum Gasteiger partial charge on any atom is -0.340 e. The molecule has 3 heterocycles. The molecule has 0 unspecified atom stereocenters. The van der Waals surface area contributed by atoms with Gasteiger partial charge in [-0.3, -0.25) is 9.48 Å². The van der Waals surface area contributed by atoms with Gasteiger partial charge in [0.15, 0.2) is 0 Å².